The molecule has 0 bridgehead atoms. The van der Waals surface area contributed by atoms with Gasteiger partial charge in [0.05, 0.1) is 6.42 Å². The van der Waals surface area contributed by atoms with E-state index in [0.29, 0.717) is 13.0 Å². The molecule has 0 atom stereocenters. The van der Waals surface area contributed by atoms with Crippen LogP contribution in [0.1, 0.15) is 27.2 Å². The van der Waals surface area contributed by atoms with Crippen molar-refractivity contribution in [3.05, 3.63) is 12.7 Å². The fourth-order valence-electron chi connectivity index (χ4n) is 1.02. The van der Waals surface area contributed by atoms with Gasteiger partial charge in [-0.25, -0.2) is 0 Å². The van der Waals surface area contributed by atoms with Crippen molar-refractivity contribution in [1.82, 2.24) is 5.32 Å². The smallest absolute Gasteiger partial charge is 0.307 e. The number of esters is 1. The highest BCUT2D eigenvalue weighted by atomic mass is 32.2. The van der Waals surface area contributed by atoms with Gasteiger partial charge in [0.1, 0.15) is 5.60 Å². The highest BCUT2D eigenvalue weighted by Gasteiger charge is 2.15. The van der Waals surface area contributed by atoms with Crippen molar-refractivity contribution < 1.29 is 9.53 Å². The molecule has 0 aliphatic carbocycles. The molecule has 94 valence electrons. The summed E-state index contributed by atoms with van der Waals surface area (Å²) in [6.07, 6.45) is 2.33. The Morgan fingerprint density at radius 2 is 2.12 bits per heavy atom. The van der Waals surface area contributed by atoms with E-state index in [9.17, 15) is 4.79 Å². The fraction of sp³-hybridized carbons (Fsp3) is 0.750. The van der Waals surface area contributed by atoms with Gasteiger partial charge in [-0.05, 0) is 20.8 Å². The molecule has 16 heavy (non-hydrogen) atoms. The van der Waals surface area contributed by atoms with Crippen LogP contribution in [0.15, 0.2) is 12.7 Å². The van der Waals surface area contributed by atoms with E-state index in [0.717, 1.165) is 18.1 Å². The van der Waals surface area contributed by atoms with E-state index in [1.165, 1.54) is 0 Å². The standard InChI is InChI=1S/C12H23NO2S/c1-5-9-16-10-8-13-7-6-11(14)15-12(2,3)4/h5,13H,1,6-10H2,2-4H3. The average Bonchev–Trinajstić information content (AvgIpc) is 2.13. The molecule has 0 saturated heterocycles. The van der Waals surface area contributed by atoms with Crippen molar-refractivity contribution in [1.29, 1.82) is 0 Å². The first-order chi connectivity index (χ1) is 7.45. The summed E-state index contributed by atoms with van der Waals surface area (Å²) in [5.41, 5.74) is -0.378. The lowest BCUT2D eigenvalue weighted by atomic mass is 10.2. The quantitative estimate of drug-likeness (QED) is 0.404. The molecule has 4 heteroatoms. The third-order valence-corrected chi connectivity index (χ3v) is 2.55. The van der Waals surface area contributed by atoms with Crippen LogP contribution >= 0.6 is 11.8 Å². The second-order valence-electron chi connectivity index (χ2n) is 4.45. The summed E-state index contributed by atoms with van der Waals surface area (Å²) < 4.78 is 5.19. The number of carbonyl (C=O) groups is 1. The molecular weight excluding hydrogens is 222 g/mol. The molecule has 0 aromatic rings. The van der Waals surface area contributed by atoms with Gasteiger partial charge < -0.3 is 10.1 Å². The van der Waals surface area contributed by atoms with Crippen molar-refractivity contribution in [3.8, 4) is 0 Å². The van der Waals surface area contributed by atoms with Gasteiger partial charge in [0.15, 0.2) is 0 Å². The number of ether oxygens (including phenoxy) is 1. The summed E-state index contributed by atoms with van der Waals surface area (Å²) in [6.45, 7) is 10.9. The molecule has 1 N–H and O–H groups in total. The highest BCUT2D eigenvalue weighted by Crippen LogP contribution is 2.07. The van der Waals surface area contributed by atoms with Crippen LogP contribution < -0.4 is 5.32 Å². The second kappa shape index (κ2) is 8.65. The molecule has 0 unspecified atom stereocenters. The number of hydrogen-bond acceptors (Lipinski definition) is 4. The van der Waals surface area contributed by atoms with Crippen molar-refractivity contribution in [2.75, 3.05) is 24.6 Å². The molecular formula is C12H23NO2S. The minimum Gasteiger partial charge on any atom is -0.460 e. The van der Waals surface area contributed by atoms with Crippen LogP contribution in [0.4, 0.5) is 0 Å². The third kappa shape index (κ3) is 11.6. The first kappa shape index (κ1) is 15.5. The summed E-state index contributed by atoms with van der Waals surface area (Å²) in [7, 11) is 0. The van der Waals surface area contributed by atoms with Crippen molar-refractivity contribution in [2.24, 2.45) is 0 Å². The Kier molecular flexibility index (Phi) is 8.39. The average molecular weight is 245 g/mol. The molecule has 0 rings (SSSR count). The van der Waals surface area contributed by atoms with Crippen molar-refractivity contribution in [3.63, 3.8) is 0 Å². The van der Waals surface area contributed by atoms with E-state index < -0.39 is 0 Å². The zero-order chi connectivity index (χ0) is 12.4. The summed E-state index contributed by atoms with van der Waals surface area (Å²) in [6, 6.07) is 0. The van der Waals surface area contributed by atoms with Gasteiger partial charge in [0.2, 0.25) is 0 Å². The van der Waals surface area contributed by atoms with E-state index in [4.69, 9.17) is 4.74 Å². The number of nitrogens with one attached hydrogen (secondary N) is 1. The van der Waals surface area contributed by atoms with E-state index in [1.54, 1.807) is 0 Å². The van der Waals surface area contributed by atoms with E-state index >= 15 is 0 Å². The van der Waals surface area contributed by atoms with Crippen LogP contribution in [-0.2, 0) is 9.53 Å². The summed E-state index contributed by atoms with van der Waals surface area (Å²) >= 11 is 1.83. The lowest BCUT2D eigenvalue weighted by molar-refractivity contribution is -0.154. The van der Waals surface area contributed by atoms with Gasteiger partial charge in [0.25, 0.3) is 0 Å². The third-order valence-electron chi connectivity index (χ3n) is 1.58. The number of hydrogen-bond donors (Lipinski definition) is 1. The Morgan fingerprint density at radius 1 is 1.44 bits per heavy atom. The van der Waals surface area contributed by atoms with E-state index in [2.05, 4.69) is 11.9 Å². The van der Waals surface area contributed by atoms with Gasteiger partial charge >= 0.3 is 5.97 Å². The summed E-state index contributed by atoms with van der Waals surface area (Å²) in [4.78, 5) is 11.3. The largest absolute Gasteiger partial charge is 0.460 e. The SMILES string of the molecule is C=CCSCCNCCC(=O)OC(C)(C)C. The minimum atomic E-state index is -0.378. The number of carbonyl (C=O) groups excluding carboxylic acids is 1. The first-order valence-electron chi connectivity index (χ1n) is 5.57. The zero-order valence-electron chi connectivity index (χ0n) is 10.5. The Balaban J connectivity index is 3.31. The van der Waals surface area contributed by atoms with Crippen molar-refractivity contribution in [2.45, 2.75) is 32.8 Å². The Morgan fingerprint density at radius 3 is 2.69 bits per heavy atom. The normalized spacial score (nSPS) is 11.2. The molecule has 0 aliphatic rings. The lowest BCUT2D eigenvalue weighted by Crippen LogP contribution is -2.27. The molecule has 0 aromatic carbocycles. The zero-order valence-corrected chi connectivity index (χ0v) is 11.4. The van der Waals surface area contributed by atoms with Gasteiger partial charge in [-0.3, -0.25) is 4.79 Å². The molecule has 0 fully saturated rings. The van der Waals surface area contributed by atoms with Crippen LogP contribution in [0, 0.1) is 0 Å². The summed E-state index contributed by atoms with van der Waals surface area (Å²) in [5.74, 6) is 1.88. The van der Waals surface area contributed by atoms with Crippen LogP contribution in [0.3, 0.4) is 0 Å². The van der Waals surface area contributed by atoms with Gasteiger partial charge in [-0.2, -0.15) is 11.8 Å². The van der Waals surface area contributed by atoms with Gasteiger partial charge in [-0.1, -0.05) is 6.08 Å². The maximum Gasteiger partial charge on any atom is 0.307 e. The molecule has 0 spiro atoms. The van der Waals surface area contributed by atoms with Crippen LogP contribution in [0.25, 0.3) is 0 Å². The monoisotopic (exact) mass is 245 g/mol. The lowest BCUT2D eigenvalue weighted by Gasteiger charge is -2.19. The maximum atomic E-state index is 11.3. The summed E-state index contributed by atoms with van der Waals surface area (Å²) in [5, 5.41) is 3.20. The number of thioether (sulfide) groups is 1. The molecule has 0 aliphatic heterocycles. The minimum absolute atomic E-state index is 0.140. The van der Waals surface area contributed by atoms with Gasteiger partial charge in [-0.15, -0.1) is 6.58 Å². The Hall–Kier alpha value is -0.480. The molecule has 0 heterocycles. The first-order valence-corrected chi connectivity index (χ1v) is 6.72. The topological polar surface area (TPSA) is 38.3 Å². The van der Waals surface area contributed by atoms with E-state index in [-0.39, 0.29) is 11.6 Å². The van der Waals surface area contributed by atoms with Crippen LogP contribution in [-0.4, -0.2) is 36.2 Å². The fourth-order valence-corrected chi connectivity index (χ4v) is 1.64. The van der Waals surface area contributed by atoms with Crippen molar-refractivity contribution >= 4 is 17.7 Å². The maximum absolute atomic E-state index is 11.3. The molecule has 0 aromatic heterocycles. The predicted molar refractivity (Wildman–Crippen MR) is 70.9 cm³/mol. The van der Waals surface area contributed by atoms with Crippen LogP contribution in [0.2, 0.25) is 0 Å². The molecule has 0 radical (unpaired) electrons. The van der Waals surface area contributed by atoms with Gasteiger partial charge in [0, 0.05) is 24.6 Å². The highest BCUT2D eigenvalue weighted by molar-refractivity contribution is 7.99. The van der Waals surface area contributed by atoms with E-state index in [1.807, 2.05) is 38.6 Å². The molecule has 0 saturated carbocycles. The second-order valence-corrected chi connectivity index (χ2v) is 5.60. The molecule has 0 amide bonds. The Bertz CT molecular complexity index is 212. The van der Waals surface area contributed by atoms with Crippen LogP contribution in [0.5, 0.6) is 0 Å². The predicted octanol–water partition coefficient (Wildman–Crippen LogP) is 2.23. The Labute approximate surface area is 103 Å². The number of rotatable bonds is 8. The molecule has 3 nitrogen and oxygen atoms in total.